The van der Waals surface area contributed by atoms with Crippen LogP contribution in [0.15, 0.2) is 27.6 Å². The van der Waals surface area contributed by atoms with Gasteiger partial charge in [0.25, 0.3) is 0 Å². The molecule has 1 spiro atoms. The summed E-state index contributed by atoms with van der Waals surface area (Å²) in [6, 6.07) is 3.25. The van der Waals surface area contributed by atoms with Crippen LogP contribution in [0.2, 0.25) is 0 Å². The van der Waals surface area contributed by atoms with Crippen molar-refractivity contribution >= 4 is 12.0 Å². The molecule has 10 nitrogen and oxygen atoms in total. The van der Waals surface area contributed by atoms with Crippen molar-refractivity contribution in [3.63, 3.8) is 0 Å². The maximum atomic E-state index is 12.8. The molecule has 2 aliphatic heterocycles. The minimum Gasteiger partial charge on any atom is -0.459 e. The number of rotatable bonds is 4. The van der Waals surface area contributed by atoms with Crippen LogP contribution in [-0.2, 0) is 14.3 Å². The molecule has 7 rings (SSSR count). The van der Waals surface area contributed by atoms with E-state index in [1.807, 2.05) is 0 Å². The predicted molar refractivity (Wildman–Crippen MR) is 153 cm³/mol. The lowest BCUT2D eigenvalue weighted by atomic mass is 9.42. The second-order valence-corrected chi connectivity index (χ2v) is 14.5. The number of epoxide rings is 1. The first-order valence-corrected chi connectivity index (χ1v) is 15.9. The van der Waals surface area contributed by atoms with Crippen molar-refractivity contribution < 1.29 is 28.6 Å². The maximum absolute atomic E-state index is 12.8. The summed E-state index contributed by atoms with van der Waals surface area (Å²) in [6.07, 6.45) is 8.21. The molecule has 4 aliphatic carbocycles. The number of piperidine rings is 1. The summed E-state index contributed by atoms with van der Waals surface area (Å²) < 4.78 is 17.9. The maximum Gasteiger partial charge on any atom is 0.335 e. The Kier molecular flexibility index (Phi) is 6.61. The minimum absolute atomic E-state index is 0.0600. The highest BCUT2D eigenvalue weighted by Crippen LogP contribution is 2.78. The largest absolute Gasteiger partial charge is 0.459 e. The van der Waals surface area contributed by atoms with E-state index in [4.69, 9.17) is 13.9 Å². The molecule has 0 aromatic carbocycles. The standard InChI is InChI=1S/C32H45N3O7/c1-18(36)41-26-25(19-4-5-24(37)40-17-19)30(3)12-7-22-23(32(30)27(26)42-32)8-13-31(39)16-21(6-11-29(22,31)2)35-28(38)34-20-9-14-33-15-10-20/h4-5,17,20-23,25-27,33,39H,6-16H2,1-3H3,(H2,34,35,38)/t21-,22-,23+,25-,26+,27+,29+,30+,31-,32+/m0/s1. The fourth-order valence-corrected chi connectivity index (χ4v) is 10.6. The van der Waals surface area contributed by atoms with Crippen LogP contribution in [0.25, 0.3) is 0 Å². The van der Waals surface area contributed by atoms with E-state index in [9.17, 15) is 19.5 Å². The molecule has 1 aromatic heterocycles. The van der Waals surface area contributed by atoms with E-state index in [0.29, 0.717) is 12.8 Å². The summed E-state index contributed by atoms with van der Waals surface area (Å²) in [5.74, 6) is -0.00780. The number of esters is 1. The molecule has 3 heterocycles. The van der Waals surface area contributed by atoms with Gasteiger partial charge in [-0.3, -0.25) is 4.79 Å². The lowest BCUT2D eigenvalue weighted by molar-refractivity contribution is -0.214. The van der Waals surface area contributed by atoms with Gasteiger partial charge < -0.3 is 34.9 Å². The predicted octanol–water partition coefficient (Wildman–Crippen LogP) is 2.97. The molecular weight excluding hydrogens is 538 g/mol. The summed E-state index contributed by atoms with van der Waals surface area (Å²) >= 11 is 0. The van der Waals surface area contributed by atoms with Crippen molar-refractivity contribution in [1.82, 2.24) is 16.0 Å². The van der Waals surface area contributed by atoms with Gasteiger partial charge in [0.2, 0.25) is 0 Å². The van der Waals surface area contributed by atoms with Gasteiger partial charge in [-0.1, -0.05) is 13.8 Å². The first-order valence-electron chi connectivity index (χ1n) is 15.9. The molecule has 0 radical (unpaired) electrons. The molecular formula is C32H45N3O7. The first kappa shape index (κ1) is 28.3. The van der Waals surface area contributed by atoms with E-state index in [2.05, 4.69) is 29.8 Å². The Hall–Kier alpha value is -2.43. The summed E-state index contributed by atoms with van der Waals surface area (Å²) in [5.41, 5.74) is -1.48. The molecule has 10 heteroatoms. The van der Waals surface area contributed by atoms with Crippen molar-refractivity contribution in [2.45, 2.75) is 120 Å². The third-order valence-electron chi connectivity index (χ3n) is 12.6. The van der Waals surface area contributed by atoms with Crippen molar-refractivity contribution in [2.75, 3.05) is 13.1 Å². The van der Waals surface area contributed by atoms with E-state index < -0.39 is 22.9 Å². The summed E-state index contributed by atoms with van der Waals surface area (Å²) in [4.78, 5) is 36.9. The van der Waals surface area contributed by atoms with E-state index in [0.717, 1.165) is 63.6 Å². The molecule has 42 heavy (non-hydrogen) atoms. The zero-order valence-electron chi connectivity index (χ0n) is 24.9. The van der Waals surface area contributed by atoms with Gasteiger partial charge >= 0.3 is 17.6 Å². The van der Waals surface area contributed by atoms with Crippen LogP contribution in [0.5, 0.6) is 0 Å². The zero-order valence-corrected chi connectivity index (χ0v) is 24.9. The number of carbonyl (C=O) groups excluding carboxylic acids is 2. The minimum atomic E-state index is -0.871. The van der Waals surface area contributed by atoms with Gasteiger partial charge in [0, 0.05) is 36.4 Å². The molecule has 10 atom stereocenters. The Morgan fingerprint density at radius 3 is 2.40 bits per heavy atom. The van der Waals surface area contributed by atoms with Gasteiger partial charge in [-0.25, -0.2) is 9.59 Å². The summed E-state index contributed by atoms with van der Waals surface area (Å²) in [7, 11) is 0. The first-order chi connectivity index (χ1) is 20.0. The number of nitrogens with one attached hydrogen (secondary N) is 3. The molecule has 2 saturated heterocycles. The molecule has 1 aromatic rings. The SMILES string of the molecule is CC(=O)O[C@H]1[C@H]2O[C@]23[C@@H]2CC[C@]4(O)C[C@@H](NC(=O)NC5CCNCC5)CC[C@]4(C)[C@H]2CC[C@]3(C)[C@H]1c1ccc(=O)oc1. The summed E-state index contributed by atoms with van der Waals surface area (Å²) in [6.45, 7) is 7.79. The Morgan fingerprint density at radius 2 is 1.69 bits per heavy atom. The Morgan fingerprint density at radius 1 is 0.976 bits per heavy atom. The van der Waals surface area contributed by atoms with Gasteiger partial charge in [0.15, 0.2) is 0 Å². The molecule has 230 valence electrons. The molecule has 0 unspecified atom stereocenters. The van der Waals surface area contributed by atoms with Crippen LogP contribution in [0.3, 0.4) is 0 Å². The Labute approximate surface area is 246 Å². The topological polar surface area (TPSA) is 142 Å². The number of hydrogen-bond donors (Lipinski definition) is 4. The molecule has 6 fully saturated rings. The molecule has 6 aliphatic rings. The number of ether oxygens (including phenoxy) is 2. The highest BCUT2D eigenvalue weighted by Gasteiger charge is 2.85. The fraction of sp³-hybridized carbons (Fsp3) is 0.781. The highest BCUT2D eigenvalue weighted by molar-refractivity contribution is 5.74. The van der Waals surface area contributed by atoms with Gasteiger partial charge in [-0.05, 0) is 99.8 Å². The van der Waals surface area contributed by atoms with E-state index in [1.165, 1.54) is 19.3 Å². The van der Waals surface area contributed by atoms with Gasteiger partial charge in [-0.2, -0.15) is 0 Å². The van der Waals surface area contributed by atoms with Crippen molar-refractivity contribution in [1.29, 1.82) is 0 Å². The monoisotopic (exact) mass is 583 g/mol. The quantitative estimate of drug-likeness (QED) is 0.313. The average Bonchev–Trinajstić information content (AvgIpc) is 3.65. The van der Waals surface area contributed by atoms with E-state index >= 15 is 0 Å². The number of hydrogen-bond acceptors (Lipinski definition) is 8. The Balaban J connectivity index is 1.12. The third-order valence-corrected chi connectivity index (χ3v) is 12.6. The number of urea groups is 1. The average molecular weight is 584 g/mol. The number of carbonyl (C=O) groups is 2. The van der Waals surface area contributed by atoms with E-state index in [1.54, 1.807) is 6.07 Å². The van der Waals surface area contributed by atoms with Gasteiger partial charge in [0.05, 0.1) is 11.9 Å². The molecule has 2 amide bonds. The van der Waals surface area contributed by atoms with Crippen LogP contribution < -0.4 is 21.6 Å². The molecule has 0 bridgehead atoms. The van der Waals surface area contributed by atoms with Gasteiger partial charge in [-0.15, -0.1) is 0 Å². The van der Waals surface area contributed by atoms with Crippen LogP contribution in [0.1, 0.15) is 90.0 Å². The van der Waals surface area contributed by atoms with Crippen LogP contribution in [0, 0.1) is 22.7 Å². The molecule has 4 saturated carbocycles. The number of amides is 2. The fourth-order valence-electron chi connectivity index (χ4n) is 10.6. The lowest BCUT2D eigenvalue weighted by Gasteiger charge is -2.64. The second-order valence-electron chi connectivity index (χ2n) is 14.5. The lowest BCUT2D eigenvalue weighted by Crippen LogP contribution is -2.66. The van der Waals surface area contributed by atoms with Crippen molar-refractivity contribution in [3.8, 4) is 0 Å². The highest BCUT2D eigenvalue weighted by atomic mass is 16.7. The van der Waals surface area contributed by atoms with Crippen LogP contribution >= 0.6 is 0 Å². The van der Waals surface area contributed by atoms with E-state index in [-0.39, 0.29) is 58.8 Å². The normalized spacial score (nSPS) is 45.9. The number of fused-ring (bicyclic) bond motifs is 3. The Bertz CT molecular complexity index is 1290. The molecule has 4 N–H and O–H groups in total. The van der Waals surface area contributed by atoms with Crippen LogP contribution in [0.4, 0.5) is 4.79 Å². The zero-order chi connectivity index (χ0) is 29.5. The summed E-state index contributed by atoms with van der Waals surface area (Å²) in [5, 5.41) is 21.9. The van der Waals surface area contributed by atoms with Gasteiger partial charge in [0.1, 0.15) is 17.8 Å². The van der Waals surface area contributed by atoms with Crippen LogP contribution in [-0.4, -0.2) is 65.7 Å². The van der Waals surface area contributed by atoms with Crippen molar-refractivity contribution in [2.24, 2.45) is 22.7 Å². The number of aliphatic hydroxyl groups is 1. The smallest absolute Gasteiger partial charge is 0.335 e. The third kappa shape index (κ3) is 4.04. The second kappa shape index (κ2) is 9.79. The van der Waals surface area contributed by atoms with Crippen molar-refractivity contribution in [3.05, 3.63) is 34.4 Å².